The van der Waals surface area contributed by atoms with Crippen molar-refractivity contribution in [3.63, 3.8) is 0 Å². The first-order valence-corrected chi connectivity index (χ1v) is 27.1. The number of aliphatic hydroxyl groups excluding tert-OH is 1. The number of nitrogens with zero attached hydrogens (tertiary/aromatic N) is 1. The molecule has 10 nitrogen and oxygen atoms in total. The molecule has 0 saturated carbocycles. The summed E-state index contributed by atoms with van der Waals surface area (Å²) in [5.74, 6) is -0.165. The standard InChI is InChI=1S/C50H77NO9Si2/c1-36(34-58-62(49(5,6)7,39-25-19-16-20-26-39)40-27-21-17-22-28-40)43(56-12)32-45-50(8,9)44(52)33-46-51-41(35-57-46)42(55-11)29-23-15-18-24-37(54-10)30-38(31-47(53)59-45)60-61(13,14)48(2,3)4/h15-28,35-38,42-45,52H,29-34H2,1-14H3/b23-15-,24-18+/t36-,37-,38-,42-,43-,44-,45?/m0/s1. The highest BCUT2D eigenvalue weighted by Gasteiger charge is 2.51. The number of cyclic esters (lactones) is 1. The number of rotatable bonds is 13. The molecule has 0 amide bonds. The molecule has 2 aromatic carbocycles. The Morgan fingerprint density at radius 2 is 1.50 bits per heavy atom. The summed E-state index contributed by atoms with van der Waals surface area (Å²) >= 11 is 0. The van der Waals surface area contributed by atoms with Gasteiger partial charge in [-0.05, 0) is 40.0 Å². The monoisotopic (exact) mass is 892 g/mol. The molecule has 344 valence electrons. The fourth-order valence-electron chi connectivity index (χ4n) is 8.09. The average molecular weight is 892 g/mol. The fourth-order valence-corrected chi connectivity index (χ4v) is 14.1. The van der Waals surface area contributed by atoms with Gasteiger partial charge in [0.25, 0.3) is 8.32 Å². The summed E-state index contributed by atoms with van der Waals surface area (Å²) in [6, 6.07) is 21.2. The Hall–Kier alpha value is -3.21. The van der Waals surface area contributed by atoms with Crippen LogP contribution in [0.4, 0.5) is 0 Å². The number of fused-ring (bicyclic) bond motifs is 2. The molecule has 0 fully saturated rings. The van der Waals surface area contributed by atoms with Gasteiger partial charge >= 0.3 is 5.97 Å². The summed E-state index contributed by atoms with van der Waals surface area (Å²) in [7, 11) is -0.184. The maximum atomic E-state index is 14.4. The third kappa shape index (κ3) is 13.0. The van der Waals surface area contributed by atoms with Gasteiger partial charge in [0.1, 0.15) is 24.2 Å². The fraction of sp³-hybridized carbons (Fsp3) is 0.600. The molecule has 12 heteroatoms. The van der Waals surface area contributed by atoms with Gasteiger partial charge in [0, 0.05) is 52.1 Å². The number of aromatic nitrogens is 1. The Labute approximate surface area is 375 Å². The van der Waals surface area contributed by atoms with Crippen molar-refractivity contribution in [1.29, 1.82) is 0 Å². The van der Waals surface area contributed by atoms with E-state index in [2.05, 4.69) is 110 Å². The number of carbonyl (C=O) groups is 1. The van der Waals surface area contributed by atoms with Gasteiger partial charge in [0.2, 0.25) is 0 Å². The SMILES string of the molecule is CO[C@H]1C/C=C\C=C\[C@H](OC)C[C@H](O[Si](C)(C)C(C)(C)C)CC(=O)OC(C[C@H](OC)[C@@H](C)CO[Si](c2ccccc2)(c2ccccc2)C(C)(C)C)C(C)(C)[C@@H](O)Cc2nc1co2. The van der Waals surface area contributed by atoms with Gasteiger partial charge in [-0.2, -0.15) is 0 Å². The number of oxazole rings is 1. The molecule has 1 aliphatic rings. The molecule has 7 atom stereocenters. The third-order valence-corrected chi connectivity index (χ3v) is 22.8. The second-order valence-electron chi connectivity index (χ2n) is 20.1. The molecule has 3 aromatic rings. The molecule has 0 radical (unpaired) electrons. The summed E-state index contributed by atoms with van der Waals surface area (Å²) in [6.45, 7) is 24.1. The molecule has 1 unspecified atom stereocenters. The smallest absolute Gasteiger partial charge is 0.308 e. The summed E-state index contributed by atoms with van der Waals surface area (Å²) in [5, 5.41) is 14.2. The van der Waals surface area contributed by atoms with E-state index in [0.29, 0.717) is 37.5 Å². The summed E-state index contributed by atoms with van der Waals surface area (Å²) in [5.41, 5.74) is -0.337. The molecule has 1 aliphatic heterocycles. The number of allylic oxidation sites excluding steroid dienone is 2. The molecule has 0 saturated heterocycles. The predicted molar refractivity (Wildman–Crippen MR) is 253 cm³/mol. The van der Waals surface area contributed by atoms with Crippen LogP contribution >= 0.6 is 0 Å². The van der Waals surface area contributed by atoms with Crippen molar-refractivity contribution in [1.82, 2.24) is 4.98 Å². The first-order chi connectivity index (χ1) is 29.1. The number of hydrogen-bond acceptors (Lipinski definition) is 10. The zero-order valence-electron chi connectivity index (χ0n) is 40.1. The van der Waals surface area contributed by atoms with E-state index in [4.69, 9.17) is 37.2 Å². The number of benzene rings is 2. The molecular weight excluding hydrogens is 815 g/mol. The third-order valence-electron chi connectivity index (χ3n) is 13.3. The minimum Gasteiger partial charge on any atom is -0.462 e. The highest BCUT2D eigenvalue weighted by atomic mass is 28.4. The largest absolute Gasteiger partial charge is 0.462 e. The van der Waals surface area contributed by atoms with E-state index in [1.54, 1.807) is 27.6 Å². The molecule has 4 rings (SSSR count). The van der Waals surface area contributed by atoms with E-state index >= 15 is 0 Å². The van der Waals surface area contributed by atoms with Gasteiger partial charge in [-0.1, -0.05) is 147 Å². The van der Waals surface area contributed by atoms with Crippen molar-refractivity contribution in [3.05, 3.63) is 103 Å². The van der Waals surface area contributed by atoms with Crippen LogP contribution in [-0.4, -0.2) is 91.2 Å². The van der Waals surface area contributed by atoms with Crippen LogP contribution in [-0.2, 0) is 39.0 Å². The van der Waals surface area contributed by atoms with Crippen LogP contribution in [0.3, 0.4) is 0 Å². The Morgan fingerprint density at radius 3 is 2.03 bits per heavy atom. The second kappa shape index (κ2) is 22.1. The van der Waals surface area contributed by atoms with Crippen LogP contribution in [0.15, 0.2) is 95.6 Å². The lowest BCUT2D eigenvalue weighted by Crippen LogP contribution is -2.67. The predicted octanol–water partition coefficient (Wildman–Crippen LogP) is 9.52. The zero-order chi connectivity index (χ0) is 45.9. The van der Waals surface area contributed by atoms with Gasteiger partial charge in [0.15, 0.2) is 14.2 Å². The van der Waals surface area contributed by atoms with Gasteiger partial charge in [-0.3, -0.25) is 4.79 Å². The lowest BCUT2D eigenvalue weighted by Gasteiger charge is -2.44. The van der Waals surface area contributed by atoms with Crippen LogP contribution in [0.5, 0.6) is 0 Å². The number of esters is 1. The average Bonchev–Trinajstić information content (AvgIpc) is 3.67. The maximum Gasteiger partial charge on any atom is 0.308 e. The van der Waals surface area contributed by atoms with Gasteiger partial charge in [0.05, 0.1) is 37.3 Å². The van der Waals surface area contributed by atoms with Crippen molar-refractivity contribution < 1.29 is 42.1 Å². The summed E-state index contributed by atoms with van der Waals surface area (Å²) in [4.78, 5) is 19.1. The molecule has 62 heavy (non-hydrogen) atoms. The summed E-state index contributed by atoms with van der Waals surface area (Å²) in [6.07, 6.45) is 7.62. The van der Waals surface area contributed by atoms with E-state index in [9.17, 15) is 9.90 Å². The van der Waals surface area contributed by atoms with E-state index in [1.807, 2.05) is 50.3 Å². The number of ether oxygens (including phenoxy) is 4. The van der Waals surface area contributed by atoms with Crippen molar-refractivity contribution in [2.75, 3.05) is 27.9 Å². The second-order valence-corrected chi connectivity index (χ2v) is 29.2. The minimum atomic E-state index is -2.85. The number of methoxy groups -OCH3 is 3. The molecule has 0 aliphatic carbocycles. The van der Waals surface area contributed by atoms with E-state index < -0.39 is 52.4 Å². The highest BCUT2D eigenvalue weighted by molar-refractivity contribution is 6.99. The highest BCUT2D eigenvalue weighted by Crippen LogP contribution is 2.40. The van der Waals surface area contributed by atoms with Gasteiger partial charge in [-0.25, -0.2) is 4.98 Å². The van der Waals surface area contributed by atoms with Crippen molar-refractivity contribution in [2.45, 2.75) is 154 Å². The van der Waals surface area contributed by atoms with Crippen molar-refractivity contribution in [2.24, 2.45) is 11.3 Å². The Bertz CT molecular complexity index is 1830. The first-order valence-electron chi connectivity index (χ1n) is 22.3. The lowest BCUT2D eigenvalue weighted by molar-refractivity contribution is -0.167. The Kier molecular flexibility index (Phi) is 18.4. The number of aliphatic hydroxyl groups is 1. The molecule has 0 spiro atoms. The van der Waals surface area contributed by atoms with Gasteiger partial charge in [-0.15, -0.1) is 0 Å². The number of carbonyl (C=O) groups excluding carboxylic acids is 1. The van der Waals surface area contributed by atoms with E-state index in [0.717, 1.165) is 0 Å². The quantitative estimate of drug-likeness (QED) is 0.131. The normalized spacial score (nSPS) is 24.5. The molecule has 2 bridgehead atoms. The van der Waals surface area contributed by atoms with E-state index in [-0.39, 0.29) is 41.0 Å². The molecule has 1 aromatic heterocycles. The first kappa shape index (κ1) is 51.4. The maximum absolute atomic E-state index is 14.4. The van der Waals surface area contributed by atoms with E-state index in [1.165, 1.54) is 10.4 Å². The Morgan fingerprint density at radius 1 is 0.887 bits per heavy atom. The zero-order valence-corrected chi connectivity index (χ0v) is 42.1. The van der Waals surface area contributed by atoms with Crippen LogP contribution in [0, 0.1) is 11.3 Å². The summed E-state index contributed by atoms with van der Waals surface area (Å²) < 4.78 is 44.8. The molecular formula is C50H77NO9Si2. The Balaban J connectivity index is 1.73. The molecule has 2 heterocycles. The van der Waals surface area contributed by atoms with Crippen LogP contribution < -0.4 is 10.4 Å². The van der Waals surface area contributed by atoms with Crippen molar-refractivity contribution >= 4 is 33.0 Å². The molecule has 1 N–H and O–H groups in total. The van der Waals surface area contributed by atoms with Crippen LogP contribution in [0.2, 0.25) is 23.2 Å². The number of hydrogen-bond donors (Lipinski definition) is 1. The van der Waals surface area contributed by atoms with Gasteiger partial charge < -0.3 is 37.3 Å². The van der Waals surface area contributed by atoms with Crippen molar-refractivity contribution in [3.8, 4) is 0 Å². The minimum absolute atomic E-state index is 0.0154. The topological polar surface area (TPSA) is 119 Å². The van der Waals surface area contributed by atoms with Crippen LogP contribution in [0.1, 0.15) is 106 Å². The van der Waals surface area contributed by atoms with Crippen LogP contribution in [0.25, 0.3) is 0 Å². The lowest BCUT2D eigenvalue weighted by atomic mass is 9.76.